The lowest BCUT2D eigenvalue weighted by Crippen LogP contribution is -2.22. The molecule has 0 aliphatic heterocycles. The summed E-state index contributed by atoms with van der Waals surface area (Å²) in [6.45, 7) is 6.31. The molecule has 1 aromatic carbocycles. The minimum atomic E-state index is -0.367. The van der Waals surface area contributed by atoms with E-state index in [0.29, 0.717) is 17.4 Å². The molecule has 0 aliphatic rings. The van der Waals surface area contributed by atoms with Crippen LogP contribution in [0.3, 0.4) is 0 Å². The molecule has 0 atom stereocenters. The lowest BCUT2D eigenvalue weighted by molar-refractivity contribution is -0.120. The number of nitrogens with zero attached hydrogens (tertiary/aromatic N) is 2. The molecule has 0 unspecified atom stereocenters. The largest absolute Gasteiger partial charge is 0.309 e. The van der Waals surface area contributed by atoms with Crippen molar-refractivity contribution in [1.82, 2.24) is 9.78 Å². The molecule has 2 aromatic rings. The molecule has 0 saturated carbocycles. The number of aromatic nitrogens is 2. The number of carbonyl (C=O) groups is 1. The summed E-state index contributed by atoms with van der Waals surface area (Å²) in [6, 6.07) is 6.11. The Morgan fingerprint density at radius 2 is 2.04 bits per heavy atom. The van der Waals surface area contributed by atoms with E-state index in [-0.39, 0.29) is 17.6 Å². The molecule has 2 rings (SSSR count). The number of hydrogen-bond donors (Lipinski definition) is 1. The minimum absolute atomic E-state index is 0.00741. The SMILES string of the molecule is CCC(CC)C(=O)Nc1cc(C)n(Cc2ccc(F)cc2Cl)n1. The van der Waals surface area contributed by atoms with Gasteiger partial charge in [-0.05, 0) is 37.5 Å². The highest BCUT2D eigenvalue weighted by atomic mass is 35.5. The van der Waals surface area contributed by atoms with Crippen molar-refractivity contribution in [1.29, 1.82) is 0 Å². The Bertz CT molecular complexity index is 695. The standard InChI is InChI=1S/C17H21ClFN3O/c1-4-12(5-2)17(23)20-16-8-11(3)22(21-16)10-13-6-7-14(19)9-15(13)18/h6-9,12H,4-5,10H2,1-3H3,(H,20,21,23). The number of hydrogen-bond acceptors (Lipinski definition) is 2. The van der Waals surface area contributed by atoms with Gasteiger partial charge in [-0.25, -0.2) is 4.39 Å². The number of aryl methyl sites for hydroxylation is 1. The van der Waals surface area contributed by atoms with Crippen LogP contribution in [0.4, 0.5) is 10.2 Å². The molecule has 1 N–H and O–H groups in total. The first kappa shape index (κ1) is 17.5. The summed E-state index contributed by atoms with van der Waals surface area (Å²) in [5.41, 5.74) is 1.67. The zero-order chi connectivity index (χ0) is 17.0. The number of nitrogens with one attached hydrogen (secondary N) is 1. The van der Waals surface area contributed by atoms with Gasteiger partial charge < -0.3 is 5.32 Å². The molecular formula is C17H21ClFN3O. The fourth-order valence-corrected chi connectivity index (χ4v) is 2.66. The van der Waals surface area contributed by atoms with Gasteiger partial charge in [-0.3, -0.25) is 9.48 Å². The smallest absolute Gasteiger partial charge is 0.228 e. The van der Waals surface area contributed by atoms with Crippen LogP contribution in [0.2, 0.25) is 5.02 Å². The van der Waals surface area contributed by atoms with Gasteiger partial charge >= 0.3 is 0 Å². The molecule has 0 fully saturated rings. The van der Waals surface area contributed by atoms with Crippen LogP contribution in [0.15, 0.2) is 24.3 Å². The van der Waals surface area contributed by atoms with Crippen LogP contribution in [-0.4, -0.2) is 15.7 Å². The second-order valence-electron chi connectivity index (χ2n) is 5.57. The first-order chi connectivity index (χ1) is 10.9. The maximum absolute atomic E-state index is 13.1. The molecule has 0 radical (unpaired) electrons. The van der Waals surface area contributed by atoms with E-state index in [1.807, 2.05) is 26.8 Å². The van der Waals surface area contributed by atoms with Crippen molar-refractivity contribution in [3.8, 4) is 0 Å². The van der Waals surface area contributed by atoms with E-state index in [9.17, 15) is 9.18 Å². The number of rotatable bonds is 6. The molecule has 0 saturated heterocycles. The van der Waals surface area contributed by atoms with Crippen molar-refractivity contribution in [2.75, 3.05) is 5.32 Å². The summed E-state index contributed by atoms with van der Waals surface area (Å²) < 4.78 is 14.8. The highest BCUT2D eigenvalue weighted by Gasteiger charge is 2.16. The number of amides is 1. The minimum Gasteiger partial charge on any atom is -0.309 e. The quantitative estimate of drug-likeness (QED) is 0.848. The van der Waals surface area contributed by atoms with Crippen molar-refractivity contribution in [3.05, 3.63) is 46.4 Å². The molecular weight excluding hydrogens is 317 g/mol. The third kappa shape index (κ3) is 4.32. The Morgan fingerprint density at radius 1 is 1.35 bits per heavy atom. The number of halogens is 2. The summed E-state index contributed by atoms with van der Waals surface area (Å²) in [6.07, 6.45) is 1.60. The van der Waals surface area contributed by atoms with Gasteiger partial charge in [0, 0.05) is 22.7 Å². The fraction of sp³-hybridized carbons (Fsp3) is 0.412. The molecule has 6 heteroatoms. The number of anilines is 1. The van der Waals surface area contributed by atoms with Gasteiger partial charge in [-0.1, -0.05) is 31.5 Å². The second-order valence-corrected chi connectivity index (χ2v) is 5.97. The Kier molecular flexibility index (Phi) is 5.77. The van der Waals surface area contributed by atoms with Crippen molar-refractivity contribution >= 4 is 23.3 Å². The monoisotopic (exact) mass is 337 g/mol. The summed E-state index contributed by atoms with van der Waals surface area (Å²) in [5.74, 6) is 0.137. The van der Waals surface area contributed by atoms with Crippen LogP contribution in [0.5, 0.6) is 0 Å². The average molecular weight is 338 g/mol. The average Bonchev–Trinajstić information content (AvgIpc) is 2.83. The highest BCUT2D eigenvalue weighted by Crippen LogP contribution is 2.20. The van der Waals surface area contributed by atoms with Gasteiger partial charge in [-0.15, -0.1) is 0 Å². The molecule has 0 spiro atoms. The molecule has 0 bridgehead atoms. The fourth-order valence-electron chi connectivity index (χ4n) is 2.43. The van der Waals surface area contributed by atoms with E-state index >= 15 is 0 Å². The lowest BCUT2D eigenvalue weighted by atomic mass is 10.0. The normalized spacial score (nSPS) is 11.0. The maximum atomic E-state index is 13.1. The Morgan fingerprint density at radius 3 is 2.65 bits per heavy atom. The van der Waals surface area contributed by atoms with Crippen LogP contribution >= 0.6 is 11.6 Å². The molecule has 1 heterocycles. The van der Waals surface area contributed by atoms with Gasteiger partial charge in [0.15, 0.2) is 5.82 Å². The third-order valence-electron chi connectivity index (χ3n) is 3.92. The third-order valence-corrected chi connectivity index (χ3v) is 4.28. The van der Waals surface area contributed by atoms with Gasteiger partial charge in [0.1, 0.15) is 5.82 Å². The van der Waals surface area contributed by atoms with E-state index in [1.54, 1.807) is 10.7 Å². The Balaban J connectivity index is 2.13. The summed E-state index contributed by atoms with van der Waals surface area (Å²) in [4.78, 5) is 12.1. The first-order valence-corrected chi connectivity index (χ1v) is 8.11. The molecule has 1 aromatic heterocycles. The van der Waals surface area contributed by atoms with Crippen LogP contribution in [0.1, 0.15) is 37.9 Å². The summed E-state index contributed by atoms with van der Waals surface area (Å²) in [5, 5.41) is 7.61. The second kappa shape index (κ2) is 7.59. The predicted molar refractivity (Wildman–Crippen MR) is 90.2 cm³/mol. The number of carbonyl (C=O) groups excluding carboxylic acids is 1. The predicted octanol–water partition coefficient (Wildman–Crippen LogP) is 4.41. The van der Waals surface area contributed by atoms with Crippen molar-refractivity contribution < 1.29 is 9.18 Å². The van der Waals surface area contributed by atoms with E-state index in [2.05, 4.69) is 10.4 Å². The molecule has 1 amide bonds. The van der Waals surface area contributed by atoms with Gasteiger partial charge in [-0.2, -0.15) is 5.10 Å². The lowest BCUT2D eigenvalue weighted by Gasteiger charge is -2.10. The summed E-state index contributed by atoms with van der Waals surface area (Å²) >= 11 is 6.05. The molecule has 0 aliphatic carbocycles. The van der Waals surface area contributed by atoms with Crippen LogP contribution < -0.4 is 5.32 Å². The summed E-state index contributed by atoms with van der Waals surface area (Å²) in [7, 11) is 0. The van der Waals surface area contributed by atoms with E-state index in [4.69, 9.17) is 11.6 Å². The van der Waals surface area contributed by atoms with E-state index in [0.717, 1.165) is 24.1 Å². The van der Waals surface area contributed by atoms with E-state index < -0.39 is 0 Å². The van der Waals surface area contributed by atoms with Crippen LogP contribution in [-0.2, 0) is 11.3 Å². The van der Waals surface area contributed by atoms with Crippen molar-refractivity contribution in [3.63, 3.8) is 0 Å². The van der Waals surface area contributed by atoms with Gasteiger partial charge in [0.05, 0.1) is 6.54 Å². The van der Waals surface area contributed by atoms with Gasteiger partial charge in [0.2, 0.25) is 5.91 Å². The Labute approximate surface area is 140 Å². The topological polar surface area (TPSA) is 46.9 Å². The van der Waals surface area contributed by atoms with Crippen LogP contribution in [0, 0.1) is 18.7 Å². The molecule has 124 valence electrons. The van der Waals surface area contributed by atoms with Crippen molar-refractivity contribution in [2.45, 2.75) is 40.2 Å². The molecule has 23 heavy (non-hydrogen) atoms. The highest BCUT2D eigenvalue weighted by molar-refractivity contribution is 6.31. The molecule has 4 nitrogen and oxygen atoms in total. The maximum Gasteiger partial charge on any atom is 0.228 e. The van der Waals surface area contributed by atoms with E-state index in [1.165, 1.54) is 12.1 Å². The zero-order valence-corrected chi connectivity index (χ0v) is 14.3. The van der Waals surface area contributed by atoms with Crippen LogP contribution in [0.25, 0.3) is 0 Å². The Hall–Kier alpha value is -1.88. The zero-order valence-electron chi connectivity index (χ0n) is 13.6. The number of benzene rings is 1. The van der Waals surface area contributed by atoms with Crippen molar-refractivity contribution in [2.24, 2.45) is 5.92 Å². The first-order valence-electron chi connectivity index (χ1n) is 7.73. The van der Waals surface area contributed by atoms with Gasteiger partial charge in [0.25, 0.3) is 0 Å².